The smallest absolute Gasteiger partial charge is 0.242 e. The first-order valence-corrected chi connectivity index (χ1v) is 9.29. The summed E-state index contributed by atoms with van der Waals surface area (Å²) in [7, 11) is 0. The number of ether oxygens (including phenoxy) is 1. The molecule has 0 aliphatic carbocycles. The molecule has 6 nitrogen and oxygen atoms in total. The molecule has 1 heterocycles. The monoisotopic (exact) mass is 372 g/mol. The summed E-state index contributed by atoms with van der Waals surface area (Å²) >= 11 is 0. The summed E-state index contributed by atoms with van der Waals surface area (Å²) in [5.74, 6) is 1.33. The molecule has 1 aromatic carbocycles. The lowest BCUT2D eigenvalue weighted by Gasteiger charge is -2.20. The average Bonchev–Trinajstić information content (AvgIpc) is 3.14. The molecule has 1 aromatic heterocycles. The van der Waals surface area contributed by atoms with Crippen LogP contribution >= 0.6 is 0 Å². The van der Waals surface area contributed by atoms with E-state index < -0.39 is 6.04 Å². The number of carbonyl (C=O) groups excluding carboxylic acids is 2. The summed E-state index contributed by atoms with van der Waals surface area (Å²) < 4.78 is 10.6. The summed E-state index contributed by atoms with van der Waals surface area (Å²) in [4.78, 5) is 24.9. The van der Waals surface area contributed by atoms with Crippen molar-refractivity contribution in [2.45, 2.75) is 46.2 Å². The molecule has 146 valence electrons. The number of amides is 2. The van der Waals surface area contributed by atoms with Gasteiger partial charge in [-0.05, 0) is 49.1 Å². The van der Waals surface area contributed by atoms with Crippen molar-refractivity contribution in [1.82, 2.24) is 10.6 Å². The highest BCUT2D eigenvalue weighted by Crippen LogP contribution is 2.13. The van der Waals surface area contributed by atoms with Crippen molar-refractivity contribution >= 4 is 11.8 Å². The van der Waals surface area contributed by atoms with Crippen LogP contribution in [0.1, 0.15) is 38.5 Å². The Morgan fingerprint density at radius 2 is 1.89 bits per heavy atom. The zero-order chi connectivity index (χ0) is 19.6. The Morgan fingerprint density at radius 3 is 2.48 bits per heavy atom. The molecule has 2 aromatic rings. The fourth-order valence-electron chi connectivity index (χ4n) is 2.71. The number of rotatable bonds is 10. The van der Waals surface area contributed by atoms with Gasteiger partial charge >= 0.3 is 0 Å². The Labute approximate surface area is 160 Å². The molecule has 0 aliphatic rings. The van der Waals surface area contributed by atoms with E-state index in [4.69, 9.17) is 9.15 Å². The third-order valence-electron chi connectivity index (χ3n) is 3.97. The lowest BCUT2D eigenvalue weighted by molar-refractivity contribution is -0.129. The minimum Gasteiger partial charge on any atom is -0.494 e. The largest absolute Gasteiger partial charge is 0.494 e. The highest BCUT2D eigenvalue weighted by Gasteiger charge is 2.22. The summed E-state index contributed by atoms with van der Waals surface area (Å²) in [6, 6.07) is 10.4. The highest BCUT2D eigenvalue weighted by molar-refractivity contribution is 5.88. The first kappa shape index (κ1) is 20.6. The van der Waals surface area contributed by atoms with Gasteiger partial charge in [0.05, 0.1) is 25.8 Å². The van der Waals surface area contributed by atoms with Crippen LogP contribution in [0.2, 0.25) is 0 Å². The number of furan rings is 1. The van der Waals surface area contributed by atoms with Crippen molar-refractivity contribution in [2.75, 3.05) is 6.61 Å². The van der Waals surface area contributed by atoms with Crippen LogP contribution in [0.5, 0.6) is 5.75 Å². The third kappa shape index (κ3) is 7.17. The Hall–Kier alpha value is -2.76. The van der Waals surface area contributed by atoms with Crippen LogP contribution in [0, 0.1) is 5.92 Å². The Morgan fingerprint density at radius 1 is 1.15 bits per heavy atom. The molecule has 27 heavy (non-hydrogen) atoms. The van der Waals surface area contributed by atoms with Crippen molar-refractivity contribution in [1.29, 1.82) is 0 Å². The number of carbonyl (C=O) groups is 2. The lowest BCUT2D eigenvalue weighted by Crippen LogP contribution is -2.47. The molecule has 0 aliphatic heterocycles. The van der Waals surface area contributed by atoms with Gasteiger partial charge in [-0.25, -0.2) is 0 Å². The second-order valence-electron chi connectivity index (χ2n) is 6.80. The minimum absolute atomic E-state index is 0.182. The van der Waals surface area contributed by atoms with Crippen LogP contribution in [-0.4, -0.2) is 24.5 Å². The van der Waals surface area contributed by atoms with Crippen molar-refractivity contribution < 1.29 is 18.7 Å². The average molecular weight is 372 g/mol. The molecule has 0 fully saturated rings. The molecule has 0 unspecified atom stereocenters. The van der Waals surface area contributed by atoms with Crippen LogP contribution in [-0.2, 0) is 22.6 Å². The molecule has 2 N–H and O–H groups in total. The molecular formula is C21H28N2O4. The van der Waals surface area contributed by atoms with E-state index in [2.05, 4.69) is 10.6 Å². The zero-order valence-electron chi connectivity index (χ0n) is 16.2. The van der Waals surface area contributed by atoms with Crippen LogP contribution in [0.3, 0.4) is 0 Å². The molecule has 2 amide bonds. The molecule has 0 radical (unpaired) electrons. The summed E-state index contributed by atoms with van der Waals surface area (Å²) in [6.07, 6.45) is 2.34. The first-order chi connectivity index (χ1) is 13.0. The standard InChI is InChI=1S/C21H28N2O4/c1-4-26-17-9-7-16(8-10-17)13-20(24)23-19(12-15(2)3)21(25)22-14-18-6-5-11-27-18/h5-11,15,19H,4,12-14H2,1-3H3,(H,22,25)(H,23,24)/t19-/m0/s1. The second-order valence-corrected chi connectivity index (χ2v) is 6.80. The summed E-state index contributed by atoms with van der Waals surface area (Å²) in [5.41, 5.74) is 0.871. The summed E-state index contributed by atoms with van der Waals surface area (Å²) in [6.45, 7) is 6.86. The van der Waals surface area contributed by atoms with Gasteiger partial charge in [0.25, 0.3) is 0 Å². The highest BCUT2D eigenvalue weighted by atomic mass is 16.5. The van der Waals surface area contributed by atoms with Gasteiger partial charge in [-0.2, -0.15) is 0 Å². The normalized spacial score (nSPS) is 11.9. The molecule has 0 saturated carbocycles. The van der Waals surface area contributed by atoms with Crippen molar-refractivity contribution in [3.63, 3.8) is 0 Å². The number of hydrogen-bond donors (Lipinski definition) is 2. The van der Waals surface area contributed by atoms with Crippen LogP contribution in [0.15, 0.2) is 47.1 Å². The summed E-state index contributed by atoms with van der Waals surface area (Å²) in [5, 5.41) is 5.67. The fraction of sp³-hybridized carbons (Fsp3) is 0.429. The molecule has 6 heteroatoms. The van der Waals surface area contributed by atoms with E-state index in [1.54, 1.807) is 18.4 Å². The topological polar surface area (TPSA) is 80.6 Å². The molecule has 2 rings (SSSR count). The van der Waals surface area contributed by atoms with Crippen LogP contribution in [0.25, 0.3) is 0 Å². The number of hydrogen-bond acceptors (Lipinski definition) is 4. The predicted molar refractivity (Wildman–Crippen MR) is 103 cm³/mol. The molecular weight excluding hydrogens is 344 g/mol. The van der Waals surface area contributed by atoms with Gasteiger partial charge in [0.15, 0.2) is 0 Å². The maximum absolute atomic E-state index is 12.5. The van der Waals surface area contributed by atoms with E-state index in [0.717, 1.165) is 11.3 Å². The maximum Gasteiger partial charge on any atom is 0.242 e. The van der Waals surface area contributed by atoms with Gasteiger partial charge in [0.1, 0.15) is 17.6 Å². The third-order valence-corrected chi connectivity index (χ3v) is 3.97. The zero-order valence-corrected chi connectivity index (χ0v) is 16.2. The SMILES string of the molecule is CCOc1ccc(CC(=O)N[C@@H](CC(C)C)C(=O)NCc2ccco2)cc1. The maximum atomic E-state index is 12.5. The minimum atomic E-state index is -0.574. The molecule has 0 saturated heterocycles. The van der Waals surface area contributed by atoms with E-state index in [9.17, 15) is 9.59 Å². The van der Waals surface area contributed by atoms with E-state index in [0.29, 0.717) is 25.3 Å². The van der Waals surface area contributed by atoms with E-state index in [1.807, 2.05) is 45.0 Å². The van der Waals surface area contributed by atoms with E-state index in [-0.39, 0.29) is 24.2 Å². The Bertz CT molecular complexity index is 708. The van der Waals surface area contributed by atoms with Gasteiger partial charge in [-0.3, -0.25) is 9.59 Å². The lowest BCUT2D eigenvalue weighted by atomic mass is 10.0. The van der Waals surface area contributed by atoms with Crippen LogP contribution in [0.4, 0.5) is 0 Å². The van der Waals surface area contributed by atoms with Gasteiger partial charge in [0.2, 0.25) is 11.8 Å². The molecule has 0 bridgehead atoms. The van der Waals surface area contributed by atoms with Gasteiger partial charge < -0.3 is 19.8 Å². The number of benzene rings is 1. The van der Waals surface area contributed by atoms with Gasteiger partial charge in [0, 0.05) is 0 Å². The van der Waals surface area contributed by atoms with Crippen LogP contribution < -0.4 is 15.4 Å². The number of nitrogens with one attached hydrogen (secondary N) is 2. The Kier molecular flexibility index (Phi) is 7.92. The van der Waals surface area contributed by atoms with E-state index >= 15 is 0 Å². The van der Waals surface area contributed by atoms with Crippen molar-refractivity contribution in [3.05, 3.63) is 54.0 Å². The van der Waals surface area contributed by atoms with Crippen molar-refractivity contribution in [2.24, 2.45) is 5.92 Å². The van der Waals surface area contributed by atoms with Crippen molar-refractivity contribution in [3.8, 4) is 5.75 Å². The van der Waals surface area contributed by atoms with Gasteiger partial charge in [-0.1, -0.05) is 26.0 Å². The fourth-order valence-corrected chi connectivity index (χ4v) is 2.71. The molecule has 0 spiro atoms. The second kappa shape index (κ2) is 10.4. The molecule has 1 atom stereocenters. The quantitative estimate of drug-likeness (QED) is 0.672. The predicted octanol–water partition coefficient (Wildman–Crippen LogP) is 3.07. The van der Waals surface area contributed by atoms with E-state index in [1.165, 1.54) is 0 Å². The Balaban J connectivity index is 1.91. The first-order valence-electron chi connectivity index (χ1n) is 9.29. The van der Waals surface area contributed by atoms with Gasteiger partial charge in [-0.15, -0.1) is 0 Å².